The van der Waals surface area contributed by atoms with Crippen LogP contribution in [0.15, 0.2) is 42.7 Å². The van der Waals surface area contributed by atoms with Crippen molar-refractivity contribution in [3.63, 3.8) is 0 Å². The number of rotatable bonds is 8. The van der Waals surface area contributed by atoms with Crippen molar-refractivity contribution < 1.29 is 10.2 Å². The van der Waals surface area contributed by atoms with E-state index in [9.17, 15) is 10.2 Å². The standard InChI is InChI=1S/C23H37N5O2/c1-20(29)15-25-8-9-26(16-21(2)30)11-13-27(12-10-25)17-23-14-24-28(19-23)18-22-6-4-3-5-7-22/h3-7,14,19-21,29-30H,8-13,15-18H2,1-2H3/t20-,21-/m0/s1. The molecule has 1 aromatic heterocycles. The molecular weight excluding hydrogens is 378 g/mol. The van der Waals surface area contributed by atoms with Crippen LogP contribution in [0.3, 0.4) is 0 Å². The Hall–Kier alpha value is -1.77. The molecule has 0 spiro atoms. The third-order valence-electron chi connectivity index (χ3n) is 5.52. The summed E-state index contributed by atoms with van der Waals surface area (Å²) < 4.78 is 2.00. The number of aliphatic hydroxyl groups is 2. The van der Waals surface area contributed by atoms with E-state index in [2.05, 4.69) is 50.3 Å². The summed E-state index contributed by atoms with van der Waals surface area (Å²) in [7, 11) is 0. The molecule has 2 N–H and O–H groups in total. The molecule has 3 rings (SSSR count). The Bertz CT molecular complexity index is 712. The summed E-state index contributed by atoms with van der Waals surface area (Å²) in [5.74, 6) is 0. The maximum atomic E-state index is 9.85. The van der Waals surface area contributed by atoms with Crippen molar-refractivity contribution in [2.45, 2.75) is 39.1 Å². The first-order valence-corrected chi connectivity index (χ1v) is 11.1. The molecule has 1 fully saturated rings. The predicted molar refractivity (Wildman–Crippen MR) is 119 cm³/mol. The molecule has 1 aromatic carbocycles. The monoisotopic (exact) mass is 415 g/mol. The Morgan fingerprint density at radius 1 is 0.767 bits per heavy atom. The van der Waals surface area contributed by atoms with E-state index in [0.29, 0.717) is 13.1 Å². The molecule has 0 bridgehead atoms. The average Bonchev–Trinajstić information content (AvgIpc) is 3.16. The molecule has 166 valence electrons. The van der Waals surface area contributed by atoms with Crippen LogP contribution in [0.4, 0.5) is 0 Å². The first-order valence-electron chi connectivity index (χ1n) is 11.1. The van der Waals surface area contributed by atoms with E-state index >= 15 is 0 Å². The van der Waals surface area contributed by atoms with Gasteiger partial charge in [0.15, 0.2) is 0 Å². The third-order valence-corrected chi connectivity index (χ3v) is 5.52. The molecule has 2 atom stereocenters. The second-order valence-corrected chi connectivity index (χ2v) is 8.61. The summed E-state index contributed by atoms with van der Waals surface area (Å²) in [4.78, 5) is 7.12. The maximum absolute atomic E-state index is 9.85. The molecule has 7 nitrogen and oxygen atoms in total. The van der Waals surface area contributed by atoms with Crippen LogP contribution in [-0.2, 0) is 13.1 Å². The second-order valence-electron chi connectivity index (χ2n) is 8.61. The fourth-order valence-electron chi connectivity index (χ4n) is 4.06. The molecule has 0 radical (unpaired) electrons. The summed E-state index contributed by atoms with van der Waals surface area (Å²) in [6.07, 6.45) is 3.44. The van der Waals surface area contributed by atoms with E-state index in [4.69, 9.17) is 0 Å². The van der Waals surface area contributed by atoms with Gasteiger partial charge in [0.25, 0.3) is 0 Å². The first-order chi connectivity index (χ1) is 14.5. The number of nitrogens with zero attached hydrogens (tertiary/aromatic N) is 5. The molecule has 0 aliphatic carbocycles. The summed E-state index contributed by atoms with van der Waals surface area (Å²) in [6, 6.07) is 10.4. The van der Waals surface area contributed by atoms with Gasteiger partial charge in [-0.1, -0.05) is 30.3 Å². The molecule has 1 saturated heterocycles. The van der Waals surface area contributed by atoms with Crippen molar-refractivity contribution in [2.75, 3.05) is 52.4 Å². The van der Waals surface area contributed by atoms with E-state index in [1.165, 1.54) is 11.1 Å². The number of aliphatic hydroxyl groups excluding tert-OH is 2. The van der Waals surface area contributed by atoms with Crippen LogP contribution in [0.1, 0.15) is 25.0 Å². The topological polar surface area (TPSA) is 68.0 Å². The van der Waals surface area contributed by atoms with Gasteiger partial charge in [-0.2, -0.15) is 5.10 Å². The van der Waals surface area contributed by atoms with Crippen molar-refractivity contribution in [3.8, 4) is 0 Å². The third kappa shape index (κ3) is 7.81. The zero-order valence-electron chi connectivity index (χ0n) is 18.4. The normalized spacial score (nSPS) is 19.7. The lowest BCUT2D eigenvalue weighted by atomic mass is 10.2. The predicted octanol–water partition coefficient (Wildman–Crippen LogP) is 1.11. The summed E-state index contributed by atoms with van der Waals surface area (Å²) >= 11 is 0. The fraction of sp³-hybridized carbons (Fsp3) is 0.609. The molecule has 0 unspecified atom stereocenters. The minimum atomic E-state index is -0.333. The van der Waals surface area contributed by atoms with E-state index in [0.717, 1.165) is 52.4 Å². The van der Waals surface area contributed by atoms with Gasteiger partial charge in [0.1, 0.15) is 0 Å². The van der Waals surface area contributed by atoms with Gasteiger partial charge < -0.3 is 10.2 Å². The highest BCUT2D eigenvalue weighted by Gasteiger charge is 2.18. The highest BCUT2D eigenvalue weighted by atomic mass is 16.3. The highest BCUT2D eigenvalue weighted by Crippen LogP contribution is 2.09. The van der Waals surface area contributed by atoms with Gasteiger partial charge in [-0.25, -0.2) is 0 Å². The zero-order chi connectivity index (χ0) is 21.3. The molecule has 30 heavy (non-hydrogen) atoms. The molecule has 0 saturated carbocycles. The lowest BCUT2D eigenvalue weighted by Gasteiger charge is -2.27. The number of hydrogen-bond acceptors (Lipinski definition) is 6. The van der Waals surface area contributed by atoms with Gasteiger partial charge in [0, 0.05) is 70.7 Å². The van der Waals surface area contributed by atoms with E-state index in [1.54, 1.807) is 0 Å². The van der Waals surface area contributed by atoms with Gasteiger partial charge in [0.05, 0.1) is 24.9 Å². The van der Waals surface area contributed by atoms with E-state index < -0.39 is 0 Å². The summed E-state index contributed by atoms with van der Waals surface area (Å²) in [5, 5.41) is 24.3. The lowest BCUT2D eigenvalue weighted by Crippen LogP contribution is -2.41. The second kappa shape index (κ2) is 11.6. The van der Waals surface area contributed by atoms with Crippen molar-refractivity contribution in [2.24, 2.45) is 0 Å². The number of aromatic nitrogens is 2. The Balaban J connectivity index is 1.61. The quantitative estimate of drug-likeness (QED) is 0.673. The summed E-state index contributed by atoms with van der Waals surface area (Å²) in [6.45, 7) is 12.3. The van der Waals surface area contributed by atoms with Gasteiger partial charge in [-0.05, 0) is 19.4 Å². The number of hydrogen-bond donors (Lipinski definition) is 2. The molecule has 7 heteroatoms. The highest BCUT2D eigenvalue weighted by molar-refractivity contribution is 5.15. The molecule has 1 aliphatic rings. The van der Waals surface area contributed by atoms with Crippen molar-refractivity contribution in [3.05, 3.63) is 53.9 Å². The smallest absolute Gasteiger partial charge is 0.0659 e. The van der Waals surface area contributed by atoms with Crippen LogP contribution in [0.5, 0.6) is 0 Å². The zero-order valence-corrected chi connectivity index (χ0v) is 18.4. The molecule has 0 amide bonds. The van der Waals surface area contributed by atoms with E-state index in [-0.39, 0.29) is 12.2 Å². The van der Waals surface area contributed by atoms with Crippen LogP contribution >= 0.6 is 0 Å². The Labute approximate surface area is 180 Å². The molecule has 2 heterocycles. The summed E-state index contributed by atoms with van der Waals surface area (Å²) in [5.41, 5.74) is 2.46. The van der Waals surface area contributed by atoms with Crippen molar-refractivity contribution in [1.82, 2.24) is 24.5 Å². The van der Waals surface area contributed by atoms with Crippen LogP contribution in [-0.4, -0.2) is 99.3 Å². The van der Waals surface area contributed by atoms with E-state index in [1.807, 2.05) is 30.8 Å². The van der Waals surface area contributed by atoms with Gasteiger partial charge >= 0.3 is 0 Å². The van der Waals surface area contributed by atoms with Crippen LogP contribution in [0.25, 0.3) is 0 Å². The fourth-order valence-corrected chi connectivity index (χ4v) is 4.06. The van der Waals surface area contributed by atoms with Crippen molar-refractivity contribution >= 4 is 0 Å². The molecular formula is C23H37N5O2. The first kappa shape index (κ1) is 22.9. The number of β-amino-alcohol motifs (C(OH)–C–C–N with tert-alkyl or cyclic N) is 2. The van der Waals surface area contributed by atoms with Crippen molar-refractivity contribution in [1.29, 1.82) is 0 Å². The molecule has 1 aliphatic heterocycles. The minimum Gasteiger partial charge on any atom is -0.392 e. The SMILES string of the molecule is C[C@H](O)CN1CCN(Cc2cnn(Cc3ccccc3)c2)CCN(C[C@H](C)O)CC1. The number of benzene rings is 1. The Kier molecular flexibility index (Phi) is 8.84. The maximum Gasteiger partial charge on any atom is 0.0659 e. The minimum absolute atomic E-state index is 0.333. The van der Waals surface area contributed by atoms with Crippen LogP contribution < -0.4 is 0 Å². The molecule has 2 aromatic rings. The van der Waals surface area contributed by atoms with Gasteiger partial charge in [-0.3, -0.25) is 19.4 Å². The van der Waals surface area contributed by atoms with Crippen LogP contribution in [0.2, 0.25) is 0 Å². The van der Waals surface area contributed by atoms with Gasteiger partial charge in [-0.15, -0.1) is 0 Å². The van der Waals surface area contributed by atoms with Crippen LogP contribution in [0, 0.1) is 0 Å². The Morgan fingerprint density at radius 2 is 1.30 bits per heavy atom. The largest absolute Gasteiger partial charge is 0.392 e. The van der Waals surface area contributed by atoms with Gasteiger partial charge in [0.2, 0.25) is 0 Å². The lowest BCUT2D eigenvalue weighted by molar-refractivity contribution is 0.102. The Morgan fingerprint density at radius 3 is 1.83 bits per heavy atom. The average molecular weight is 416 g/mol.